The molecule has 1 N–H and O–H groups in total. The van der Waals surface area contributed by atoms with Gasteiger partial charge in [-0.2, -0.15) is 4.31 Å². The molecule has 1 unspecified atom stereocenters. The Bertz CT molecular complexity index is 1070. The second kappa shape index (κ2) is 10.6. The number of carbonyl (C=O) groups is 1. The zero-order chi connectivity index (χ0) is 24.2. The van der Waals surface area contributed by atoms with Crippen LogP contribution in [-0.4, -0.2) is 44.9 Å². The van der Waals surface area contributed by atoms with Crippen molar-refractivity contribution in [3.05, 3.63) is 52.5 Å². The van der Waals surface area contributed by atoms with Crippen LogP contribution in [0.2, 0.25) is 5.02 Å². The summed E-state index contributed by atoms with van der Waals surface area (Å²) in [6, 6.07) is 8.92. The number of methoxy groups -OCH3 is 1. The minimum absolute atomic E-state index is 0.00712. The quantitative estimate of drug-likeness (QED) is 0.562. The van der Waals surface area contributed by atoms with Gasteiger partial charge >= 0.3 is 0 Å². The molecule has 0 fully saturated rings. The standard InChI is InChI=1S/C23H31ClN2O5S/c1-14(2)26(6)32(28,29)18-9-10-20(24)19(13-18)23(27)25-16(5)17-8-11-21(31-15(3)4)22(12-17)30-7/h8-16H,1-7H3,(H,25,27). The highest BCUT2D eigenvalue weighted by Crippen LogP contribution is 2.31. The number of sulfonamides is 1. The SMILES string of the molecule is COc1cc(C(C)NC(=O)c2cc(S(=O)(=O)N(C)C(C)C)ccc2Cl)ccc1OC(C)C. The van der Waals surface area contributed by atoms with E-state index in [0.717, 1.165) is 5.56 Å². The van der Waals surface area contributed by atoms with Gasteiger partial charge in [0.2, 0.25) is 10.0 Å². The van der Waals surface area contributed by atoms with E-state index in [1.165, 1.54) is 29.6 Å². The van der Waals surface area contributed by atoms with Gasteiger partial charge in [0.1, 0.15) is 0 Å². The molecule has 0 aliphatic carbocycles. The molecule has 7 nitrogen and oxygen atoms in total. The van der Waals surface area contributed by atoms with Gasteiger partial charge < -0.3 is 14.8 Å². The maximum atomic E-state index is 12.9. The summed E-state index contributed by atoms with van der Waals surface area (Å²) in [6.45, 7) is 9.21. The third-order valence-electron chi connectivity index (χ3n) is 4.98. The molecule has 9 heteroatoms. The van der Waals surface area contributed by atoms with Crippen LogP contribution in [0.4, 0.5) is 0 Å². The van der Waals surface area contributed by atoms with E-state index in [9.17, 15) is 13.2 Å². The van der Waals surface area contributed by atoms with Gasteiger partial charge in [-0.15, -0.1) is 0 Å². The molecule has 0 heterocycles. The summed E-state index contributed by atoms with van der Waals surface area (Å²) in [5.74, 6) is 0.688. The molecule has 1 amide bonds. The van der Waals surface area contributed by atoms with Crippen molar-refractivity contribution in [2.45, 2.75) is 57.7 Å². The first-order chi connectivity index (χ1) is 14.9. The largest absolute Gasteiger partial charge is 0.493 e. The molecule has 0 saturated carbocycles. The number of amides is 1. The highest BCUT2D eigenvalue weighted by atomic mass is 35.5. The summed E-state index contributed by atoms with van der Waals surface area (Å²) in [5, 5.41) is 3.03. The van der Waals surface area contributed by atoms with Crippen molar-refractivity contribution in [1.29, 1.82) is 0 Å². The number of hydrogen-bond acceptors (Lipinski definition) is 5. The zero-order valence-electron chi connectivity index (χ0n) is 19.5. The summed E-state index contributed by atoms with van der Waals surface area (Å²) in [6.07, 6.45) is -0.00712. The number of hydrogen-bond donors (Lipinski definition) is 1. The van der Waals surface area contributed by atoms with Crippen LogP contribution in [0.15, 0.2) is 41.3 Å². The second-order valence-corrected chi connectivity index (χ2v) is 10.4. The van der Waals surface area contributed by atoms with E-state index in [1.54, 1.807) is 33.1 Å². The number of nitrogens with one attached hydrogen (secondary N) is 1. The predicted octanol–water partition coefficient (Wildman–Crippen LogP) is 4.66. The van der Waals surface area contributed by atoms with Gasteiger partial charge in [-0.25, -0.2) is 8.42 Å². The molecule has 0 aliphatic heterocycles. The van der Waals surface area contributed by atoms with Crippen molar-refractivity contribution in [2.24, 2.45) is 0 Å². The summed E-state index contributed by atoms with van der Waals surface area (Å²) in [7, 11) is -0.704. The first-order valence-electron chi connectivity index (χ1n) is 10.3. The average molecular weight is 483 g/mol. The smallest absolute Gasteiger partial charge is 0.253 e. The maximum absolute atomic E-state index is 12.9. The van der Waals surface area contributed by atoms with E-state index in [4.69, 9.17) is 21.1 Å². The molecule has 0 aromatic heterocycles. The van der Waals surface area contributed by atoms with Gasteiger partial charge in [0.15, 0.2) is 11.5 Å². The minimum atomic E-state index is -3.75. The lowest BCUT2D eigenvalue weighted by Gasteiger charge is -2.22. The molecule has 2 aromatic carbocycles. The Morgan fingerprint density at radius 2 is 1.69 bits per heavy atom. The number of nitrogens with zero attached hydrogens (tertiary/aromatic N) is 1. The normalized spacial score (nSPS) is 12.8. The molecule has 0 spiro atoms. The lowest BCUT2D eigenvalue weighted by atomic mass is 10.1. The van der Waals surface area contributed by atoms with Crippen molar-refractivity contribution in [3.8, 4) is 11.5 Å². The van der Waals surface area contributed by atoms with Crippen molar-refractivity contribution in [3.63, 3.8) is 0 Å². The van der Waals surface area contributed by atoms with Crippen LogP contribution in [0.25, 0.3) is 0 Å². The highest BCUT2D eigenvalue weighted by molar-refractivity contribution is 7.89. The maximum Gasteiger partial charge on any atom is 0.253 e. The lowest BCUT2D eigenvalue weighted by molar-refractivity contribution is 0.0939. The fourth-order valence-corrected chi connectivity index (χ4v) is 4.54. The Kier molecular flexibility index (Phi) is 8.56. The van der Waals surface area contributed by atoms with Crippen LogP contribution in [0.5, 0.6) is 11.5 Å². The van der Waals surface area contributed by atoms with Gasteiger partial charge in [-0.1, -0.05) is 17.7 Å². The fourth-order valence-electron chi connectivity index (χ4n) is 2.95. The van der Waals surface area contributed by atoms with Gasteiger partial charge in [-0.3, -0.25) is 4.79 Å². The predicted molar refractivity (Wildman–Crippen MR) is 126 cm³/mol. The third kappa shape index (κ3) is 5.94. The number of carbonyl (C=O) groups excluding carboxylic acids is 1. The van der Waals surface area contributed by atoms with Crippen LogP contribution in [-0.2, 0) is 10.0 Å². The molecule has 0 bridgehead atoms. The topological polar surface area (TPSA) is 84.9 Å². The Labute approximate surface area is 195 Å². The van der Waals surface area contributed by atoms with E-state index in [2.05, 4.69) is 5.32 Å². The van der Waals surface area contributed by atoms with Crippen molar-refractivity contribution >= 4 is 27.5 Å². The Balaban J connectivity index is 2.29. The summed E-state index contributed by atoms with van der Waals surface area (Å²) in [4.78, 5) is 12.9. The number of benzene rings is 2. The van der Waals surface area contributed by atoms with Crippen LogP contribution in [0.1, 0.15) is 56.6 Å². The first-order valence-corrected chi connectivity index (χ1v) is 12.1. The van der Waals surface area contributed by atoms with Crippen LogP contribution < -0.4 is 14.8 Å². The van der Waals surface area contributed by atoms with Crippen LogP contribution in [0, 0.1) is 0 Å². The molecule has 32 heavy (non-hydrogen) atoms. The lowest BCUT2D eigenvalue weighted by Crippen LogP contribution is -2.33. The zero-order valence-corrected chi connectivity index (χ0v) is 21.0. The number of ether oxygens (including phenoxy) is 2. The number of rotatable bonds is 9. The van der Waals surface area contributed by atoms with Crippen LogP contribution in [0.3, 0.4) is 0 Å². The summed E-state index contributed by atoms with van der Waals surface area (Å²) in [5.41, 5.74) is 0.884. The van der Waals surface area contributed by atoms with Crippen LogP contribution >= 0.6 is 11.6 Å². The van der Waals surface area contributed by atoms with E-state index in [1.807, 2.05) is 26.8 Å². The van der Waals surface area contributed by atoms with E-state index >= 15 is 0 Å². The molecule has 0 radical (unpaired) electrons. The molecular weight excluding hydrogens is 452 g/mol. The monoisotopic (exact) mass is 482 g/mol. The Morgan fingerprint density at radius 3 is 2.25 bits per heavy atom. The van der Waals surface area contributed by atoms with E-state index in [-0.39, 0.29) is 33.7 Å². The molecule has 176 valence electrons. The number of halogens is 1. The first kappa shape index (κ1) is 26.0. The fraction of sp³-hybridized carbons (Fsp3) is 0.435. The molecular formula is C23H31ClN2O5S. The van der Waals surface area contributed by atoms with Crippen molar-refractivity contribution in [2.75, 3.05) is 14.2 Å². The molecule has 2 rings (SSSR count). The Hall–Kier alpha value is -2.29. The van der Waals surface area contributed by atoms with E-state index in [0.29, 0.717) is 11.5 Å². The van der Waals surface area contributed by atoms with Gasteiger partial charge in [0, 0.05) is 13.1 Å². The summed E-state index contributed by atoms with van der Waals surface area (Å²) >= 11 is 6.22. The van der Waals surface area contributed by atoms with Crippen molar-refractivity contribution in [1.82, 2.24) is 9.62 Å². The average Bonchev–Trinajstić information content (AvgIpc) is 2.72. The minimum Gasteiger partial charge on any atom is -0.493 e. The second-order valence-electron chi connectivity index (χ2n) is 8.03. The van der Waals surface area contributed by atoms with Gasteiger partial charge in [-0.05, 0) is 70.5 Å². The summed E-state index contributed by atoms with van der Waals surface area (Å²) < 4.78 is 38.0. The highest BCUT2D eigenvalue weighted by Gasteiger charge is 2.25. The Morgan fingerprint density at radius 1 is 1.03 bits per heavy atom. The van der Waals surface area contributed by atoms with Gasteiger partial charge in [0.25, 0.3) is 5.91 Å². The molecule has 0 aliphatic rings. The van der Waals surface area contributed by atoms with E-state index < -0.39 is 15.9 Å². The molecule has 2 aromatic rings. The molecule has 1 atom stereocenters. The van der Waals surface area contributed by atoms with Gasteiger partial charge in [0.05, 0.1) is 34.7 Å². The van der Waals surface area contributed by atoms with Crippen molar-refractivity contribution < 1.29 is 22.7 Å². The third-order valence-corrected chi connectivity index (χ3v) is 7.34. The molecule has 0 saturated heterocycles.